The van der Waals surface area contributed by atoms with Gasteiger partial charge in [-0.1, -0.05) is 24.3 Å². The lowest BCUT2D eigenvalue weighted by Gasteiger charge is -2.14. The van der Waals surface area contributed by atoms with Gasteiger partial charge in [0.05, 0.1) is 13.0 Å². The molecule has 1 aromatic rings. The second kappa shape index (κ2) is 7.53. The van der Waals surface area contributed by atoms with E-state index >= 15 is 0 Å². The van der Waals surface area contributed by atoms with Gasteiger partial charge in [0, 0.05) is 20.1 Å². The van der Waals surface area contributed by atoms with Crippen molar-refractivity contribution in [2.24, 2.45) is 5.73 Å². The maximum Gasteiger partial charge on any atom is 0.241 e. The molecule has 0 aliphatic carbocycles. The summed E-state index contributed by atoms with van der Waals surface area (Å²) in [6, 6.07) is 7.56. The van der Waals surface area contributed by atoms with E-state index in [1.807, 2.05) is 31.2 Å². The molecule has 1 aromatic carbocycles. The number of carbonyl (C=O) groups is 2. The van der Waals surface area contributed by atoms with E-state index in [4.69, 9.17) is 5.73 Å². The summed E-state index contributed by atoms with van der Waals surface area (Å²) in [5, 5.41) is 2.62. The Morgan fingerprint density at radius 2 is 1.79 bits per heavy atom. The van der Waals surface area contributed by atoms with Gasteiger partial charge in [-0.3, -0.25) is 9.59 Å². The van der Waals surface area contributed by atoms with Crippen molar-refractivity contribution in [2.75, 3.05) is 20.1 Å². The van der Waals surface area contributed by atoms with Crippen molar-refractivity contribution in [3.05, 3.63) is 35.4 Å². The van der Waals surface area contributed by atoms with Crippen LogP contribution in [0.2, 0.25) is 0 Å². The predicted octanol–water partition coefficient (Wildman–Crippen LogP) is 0.282. The van der Waals surface area contributed by atoms with Crippen LogP contribution in [-0.4, -0.2) is 36.9 Å². The lowest BCUT2D eigenvalue weighted by atomic mass is 10.1. The van der Waals surface area contributed by atoms with Crippen LogP contribution in [0.4, 0.5) is 0 Å². The third-order valence-corrected chi connectivity index (χ3v) is 2.96. The van der Waals surface area contributed by atoms with E-state index in [0.29, 0.717) is 13.1 Å². The highest BCUT2D eigenvalue weighted by atomic mass is 16.2. The minimum atomic E-state index is -0.154. The molecule has 0 radical (unpaired) electrons. The minimum Gasteiger partial charge on any atom is -0.347 e. The summed E-state index contributed by atoms with van der Waals surface area (Å²) in [6.45, 7) is 3.06. The first-order valence-electron chi connectivity index (χ1n) is 6.35. The molecular weight excluding hydrogens is 242 g/mol. The molecule has 0 heterocycles. The SMILES string of the molecule is CCN(C)C(=O)CNC(=O)Cc1ccc(CN)cc1. The van der Waals surface area contributed by atoms with Crippen molar-refractivity contribution in [2.45, 2.75) is 19.9 Å². The quantitative estimate of drug-likeness (QED) is 0.774. The number of amides is 2. The van der Waals surface area contributed by atoms with Gasteiger partial charge in [-0.25, -0.2) is 0 Å². The third-order valence-electron chi connectivity index (χ3n) is 2.96. The molecule has 0 atom stereocenters. The summed E-state index contributed by atoms with van der Waals surface area (Å²) in [5.41, 5.74) is 7.44. The van der Waals surface area contributed by atoms with Crippen LogP contribution in [0.25, 0.3) is 0 Å². The topological polar surface area (TPSA) is 75.4 Å². The van der Waals surface area contributed by atoms with E-state index in [9.17, 15) is 9.59 Å². The molecule has 3 N–H and O–H groups in total. The number of rotatable bonds is 6. The molecule has 0 unspecified atom stereocenters. The summed E-state index contributed by atoms with van der Waals surface area (Å²) in [5.74, 6) is -0.243. The highest BCUT2D eigenvalue weighted by Gasteiger charge is 2.09. The van der Waals surface area contributed by atoms with E-state index in [-0.39, 0.29) is 24.8 Å². The molecule has 0 spiro atoms. The van der Waals surface area contributed by atoms with E-state index in [1.54, 1.807) is 11.9 Å². The standard InChI is InChI=1S/C14H21N3O2/c1-3-17(2)14(19)10-16-13(18)8-11-4-6-12(9-15)7-5-11/h4-7H,3,8-10,15H2,1-2H3,(H,16,18). The molecule has 0 saturated carbocycles. The summed E-state index contributed by atoms with van der Waals surface area (Å²) < 4.78 is 0. The number of carbonyl (C=O) groups excluding carboxylic acids is 2. The molecule has 0 aliphatic rings. The van der Waals surface area contributed by atoms with Crippen LogP contribution in [0, 0.1) is 0 Å². The molecule has 0 bridgehead atoms. The molecule has 5 heteroatoms. The summed E-state index contributed by atoms with van der Waals surface area (Å²) in [4.78, 5) is 24.8. The smallest absolute Gasteiger partial charge is 0.241 e. The van der Waals surface area contributed by atoms with Gasteiger partial charge in [-0.05, 0) is 18.1 Å². The highest BCUT2D eigenvalue weighted by molar-refractivity contribution is 5.85. The zero-order chi connectivity index (χ0) is 14.3. The van der Waals surface area contributed by atoms with Gasteiger partial charge >= 0.3 is 0 Å². The Bertz CT molecular complexity index is 429. The average Bonchev–Trinajstić information content (AvgIpc) is 2.44. The molecule has 0 fully saturated rings. The van der Waals surface area contributed by atoms with Gasteiger partial charge in [0.2, 0.25) is 11.8 Å². The Kier molecular flexibility index (Phi) is 6.02. The van der Waals surface area contributed by atoms with Crippen molar-refractivity contribution in [1.29, 1.82) is 0 Å². The number of nitrogens with two attached hydrogens (primary N) is 1. The number of hydrogen-bond acceptors (Lipinski definition) is 3. The van der Waals surface area contributed by atoms with Crippen molar-refractivity contribution >= 4 is 11.8 Å². The highest BCUT2D eigenvalue weighted by Crippen LogP contribution is 2.04. The molecule has 5 nitrogen and oxygen atoms in total. The van der Waals surface area contributed by atoms with Crippen LogP contribution in [0.15, 0.2) is 24.3 Å². The lowest BCUT2D eigenvalue weighted by molar-refractivity contribution is -0.131. The van der Waals surface area contributed by atoms with Crippen LogP contribution in [0.3, 0.4) is 0 Å². The second-order valence-corrected chi connectivity index (χ2v) is 4.38. The summed E-state index contributed by atoms with van der Waals surface area (Å²) >= 11 is 0. The van der Waals surface area contributed by atoms with Crippen molar-refractivity contribution < 1.29 is 9.59 Å². The van der Waals surface area contributed by atoms with Gasteiger partial charge in [0.25, 0.3) is 0 Å². The minimum absolute atomic E-state index is 0.0457. The fourth-order valence-electron chi connectivity index (χ4n) is 1.53. The molecule has 1 rings (SSSR count). The largest absolute Gasteiger partial charge is 0.347 e. The van der Waals surface area contributed by atoms with Gasteiger partial charge in [-0.15, -0.1) is 0 Å². The molecule has 2 amide bonds. The second-order valence-electron chi connectivity index (χ2n) is 4.38. The zero-order valence-electron chi connectivity index (χ0n) is 11.5. The van der Waals surface area contributed by atoms with E-state index in [0.717, 1.165) is 11.1 Å². The average molecular weight is 263 g/mol. The number of nitrogens with zero attached hydrogens (tertiary/aromatic N) is 1. The van der Waals surface area contributed by atoms with Crippen molar-refractivity contribution in [3.8, 4) is 0 Å². The van der Waals surface area contributed by atoms with Crippen LogP contribution in [0.5, 0.6) is 0 Å². The maximum absolute atomic E-state index is 11.7. The van der Waals surface area contributed by atoms with Gasteiger partial charge in [0.1, 0.15) is 0 Å². The third kappa shape index (κ3) is 5.09. The fraction of sp³-hybridized carbons (Fsp3) is 0.429. The van der Waals surface area contributed by atoms with E-state index in [1.165, 1.54) is 0 Å². The lowest BCUT2D eigenvalue weighted by Crippen LogP contribution is -2.38. The van der Waals surface area contributed by atoms with Crippen LogP contribution in [0.1, 0.15) is 18.1 Å². The Labute approximate surface area is 113 Å². The fourth-order valence-corrected chi connectivity index (χ4v) is 1.53. The zero-order valence-corrected chi connectivity index (χ0v) is 11.5. The predicted molar refractivity (Wildman–Crippen MR) is 74.4 cm³/mol. The molecule has 0 saturated heterocycles. The molecule has 19 heavy (non-hydrogen) atoms. The Morgan fingerprint density at radius 3 is 2.32 bits per heavy atom. The molecular formula is C14H21N3O2. The van der Waals surface area contributed by atoms with Gasteiger partial charge < -0.3 is 16.0 Å². The van der Waals surface area contributed by atoms with Gasteiger partial charge in [0.15, 0.2) is 0 Å². The molecule has 0 aromatic heterocycles. The Hall–Kier alpha value is -1.88. The van der Waals surface area contributed by atoms with Crippen molar-refractivity contribution in [1.82, 2.24) is 10.2 Å². The van der Waals surface area contributed by atoms with Crippen LogP contribution < -0.4 is 11.1 Å². The van der Waals surface area contributed by atoms with Crippen LogP contribution >= 0.6 is 0 Å². The molecule has 104 valence electrons. The Morgan fingerprint density at radius 1 is 1.21 bits per heavy atom. The summed E-state index contributed by atoms with van der Waals surface area (Å²) in [7, 11) is 1.71. The molecule has 0 aliphatic heterocycles. The normalized spacial score (nSPS) is 10.1. The number of likely N-dealkylation sites (N-methyl/N-ethyl adjacent to an activating group) is 1. The van der Waals surface area contributed by atoms with Crippen molar-refractivity contribution in [3.63, 3.8) is 0 Å². The van der Waals surface area contributed by atoms with Crippen LogP contribution in [-0.2, 0) is 22.6 Å². The number of nitrogens with one attached hydrogen (secondary N) is 1. The first-order chi connectivity index (χ1) is 9.06. The first-order valence-corrected chi connectivity index (χ1v) is 6.35. The summed E-state index contributed by atoms with van der Waals surface area (Å²) in [6.07, 6.45) is 0.272. The monoisotopic (exact) mass is 263 g/mol. The van der Waals surface area contributed by atoms with Gasteiger partial charge in [-0.2, -0.15) is 0 Å². The Balaban J connectivity index is 2.40. The number of benzene rings is 1. The van der Waals surface area contributed by atoms with E-state index in [2.05, 4.69) is 5.32 Å². The number of hydrogen-bond donors (Lipinski definition) is 2. The first kappa shape index (κ1) is 15.2. The maximum atomic E-state index is 11.7. The van der Waals surface area contributed by atoms with E-state index < -0.39 is 0 Å².